The molecule has 186 valence electrons. The first kappa shape index (κ1) is 24.9. The number of hydrogen-bond donors (Lipinski definition) is 1. The van der Waals surface area contributed by atoms with Gasteiger partial charge in [0.25, 0.3) is 5.91 Å². The van der Waals surface area contributed by atoms with Crippen molar-refractivity contribution >= 4 is 23.5 Å². The molecule has 0 unspecified atom stereocenters. The zero-order chi connectivity index (χ0) is 25.1. The molecule has 0 bridgehead atoms. The van der Waals surface area contributed by atoms with Gasteiger partial charge in [0.15, 0.2) is 12.1 Å². The maximum Gasteiger partial charge on any atom is 0.362 e. The highest BCUT2D eigenvalue weighted by Crippen LogP contribution is 2.50. The number of hydrogen-bond acceptors (Lipinski definition) is 5. The van der Waals surface area contributed by atoms with Crippen molar-refractivity contribution in [2.75, 3.05) is 31.6 Å². The normalized spacial score (nSPS) is 17.5. The number of likely N-dealkylation sites (tertiary alicyclic amines) is 1. The molecule has 35 heavy (non-hydrogen) atoms. The number of nitrogens with zero attached hydrogens (tertiary/aromatic N) is 1. The van der Waals surface area contributed by atoms with Crippen LogP contribution in [0.4, 0.5) is 5.69 Å². The molecule has 2 aromatic rings. The number of amides is 1. The van der Waals surface area contributed by atoms with Gasteiger partial charge in [-0.05, 0) is 43.5 Å². The molecule has 1 amide bonds. The topological polar surface area (TPSA) is 81.7 Å². The van der Waals surface area contributed by atoms with Gasteiger partial charge in [0, 0.05) is 25.7 Å². The number of carbonyl (C=O) groups is 3. The van der Waals surface area contributed by atoms with Crippen LogP contribution in [0.5, 0.6) is 0 Å². The van der Waals surface area contributed by atoms with Crippen LogP contribution in [0.3, 0.4) is 0 Å². The molecule has 2 aliphatic rings. The van der Waals surface area contributed by atoms with Crippen LogP contribution in [0.25, 0.3) is 0 Å². The van der Waals surface area contributed by atoms with E-state index in [0.717, 1.165) is 42.6 Å². The first-order valence-corrected chi connectivity index (χ1v) is 12.5. The van der Waals surface area contributed by atoms with Gasteiger partial charge >= 0.3 is 11.9 Å². The summed E-state index contributed by atoms with van der Waals surface area (Å²) >= 11 is 0. The molecule has 4 rings (SSSR count). The maximum atomic E-state index is 13.8. The molecule has 7 nitrogen and oxygen atoms in total. The largest absolute Gasteiger partial charge is 0.462 e. The lowest BCUT2D eigenvalue weighted by Gasteiger charge is -2.40. The summed E-state index contributed by atoms with van der Waals surface area (Å²) in [5.41, 5.74) is 2.86. The smallest absolute Gasteiger partial charge is 0.362 e. The van der Waals surface area contributed by atoms with Crippen molar-refractivity contribution in [3.05, 3.63) is 64.7 Å². The number of anilines is 1. The molecule has 1 heterocycles. The van der Waals surface area contributed by atoms with E-state index in [-0.39, 0.29) is 31.6 Å². The van der Waals surface area contributed by atoms with Crippen LogP contribution in [0, 0.1) is 13.8 Å². The Morgan fingerprint density at radius 2 is 1.69 bits per heavy atom. The van der Waals surface area contributed by atoms with Crippen molar-refractivity contribution in [2.45, 2.75) is 58.6 Å². The zero-order valence-electron chi connectivity index (χ0n) is 20.9. The summed E-state index contributed by atoms with van der Waals surface area (Å²) in [6.45, 7) is 7.75. The lowest BCUT2D eigenvalue weighted by atomic mass is 10.0. The molecule has 0 aromatic heterocycles. The van der Waals surface area contributed by atoms with Crippen LogP contribution in [0.1, 0.15) is 59.7 Å². The van der Waals surface area contributed by atoms with E-state index in [1.807, 2.05) is 50.2 Å². The number of quaternary nitrogens is 1. The highest BCUT2D eigenvalue weighted by Gasteiger charge is 2.67. The highest BCUT2D eigenvalue weighted by atomic mass is 16.5. The van der Waals surface area contributed by atoms with Gasteiger partial charge in [-0.2, -0.15) is 0 Å². The zero-order valence-corrected chi connectivity index (χ0v) is 20.9. The Labute approximate surface area is 207 Å². The summed E-state index contributed by atoms with van der Waals surface area (Å²) in [6, 6.07) is 13.3. The lowest BCUT2D eigenvalue weighted by Crippen LogP contribution is -2.62. The second kappa shape index (κ2) is 10.2. The Balaban J connectivity index is 1.53. The molecule has 2 fully saturated rings. The summed E-state index contributed by atoms with van der Waals surface area (Å²) in [6.07, 6.45) is 3.37. The Morgan fingerprint density at radius 1 is 1.00 bits per heavy atom. The quantitative estimate of drug-likeness (QED) is 0.428. The number of benzene rings is 2. The highest BCUT2D eigenvalue weighted by molar-refractivity contribution is 6.06. The van der Waals surface area contributed by atoms with Gasteiger partial charge in [-0.1, -0.05) is 36.4 Å². The number of aryl methyl sites for hydroxylation is 2. The van der Waals surface area contributed by atoms with Gasteiger partial charge in [0.2, 0.25) is 0 Å². The van der Waals surface area contributed by atoms with Gasteiger partial charge in [-0.3, -0.25) is 4.79 Å². The van der Waals surface area contributed by atoms with E-state index >= 15 is 0 Å². The van der Waals surface area contributed by atoms with Crippen molar-refractivity contribution in [3.63, 3.8) is 0 Å². The van der Waals surface area contributed by atoms with E-state index in [9.17, 15) is 14.4 Å². The second-order valence-electron chi connectivity index (χ2n) is 9.81. The standard InChI is InChI=1S/C28H34N2O5/c1-4-34-26(32)23-17-20(2)16-21(3)25(23)29-27(33)28(12-13-28)30(14-8-9-15-30)18-24(31)35-19-22-10-6-5-7-11-22/h5-7,10-11,16-17H,4,8-9,12-15,18-19H2,1-3H3/p+1. The molecule has 0 radical (unpaired) electrons. The summed E-state index contributed by atoms with van der Waals surface area (Å²) in [7, 11) is 0. The molecule has 2 aromatic carbocycles. The Bertz CT molecular complexity index is 1100. The second-order valence-corrected chi connectivity index (χ2v) is 9.81. The summed E-state index contributed by atoms with van der Waals surface area (Å²) < 4.78 is 11.3. The first-order valence-electron chi connectivity index (χ1n) is 12.5. The van der Waals surface area contributed by atoms with Crippen molar-refractivity contribution in [1.82, 2.24) is 0 Å². The third-order valence-electron chi connectivity index (χ3n) is 7.36. The molecular formula is C28H35N2O5+. The predicted molar refractivity (Wildman–Crippen MR) is 133 cm³/mol. The van der Waals surface area contributed by atoms with E-state index in [2.05, 4.69) is 5.32 Å². The third-order valence-corrected chi connectivity index (χ3v) is 7.36. The van der Waals surface area contributed by atoms with Crippen LogP contribution in [0.2, 0.25) is 0 Å². The summed E-state index contributed by atoms with van der Waals surface area (Å²) in [5.74, 6) is -0.865. The minimum Gasteiger partial charge on any atom is -0.462 e. The van der Waals surface area contributed by atoms with Gasteiger partial charge in [0.1, 0.15) is 6.61 Å². The number of carbonyl (C=O) groups excluding carboxylic acids is 3. The van der Waals surface area contributed by atoms with Crippen molar-refractivity contribution < 1.29 is 28.3 Å². The Kier molecular flexibility index (Phi) is 7.26. The average Bonchev–Trinajstić information content (AvgIpc) is 3.53. The first-order chi connectivity index (χ1) is 16.8. The fourth-order valence-electron chi connectivity index (χ4n) is 5.48. The van der Waals surface area contributed by atoms with Crippen LogP contribution < -0.4 is 5.32 Å². The van der Waals surface area contributed by atoms with Gasteiger partial charge in [-0.15, -0.1) is 0 Å². The summed E-state index contributed by atoms with van der Waals surface area (Å²) in [4.78, 5) is 39.3. The Morgan fingerprint density at radius 3 is 2.31 bits per heavy atom. The SMILES string of the molecule is CCOC(=O)c1cc(C)cc(C)c1NC(=O)C1([N+]2(CC(=O)OCc3ccccc3)CCCC2)CC1. The fourth-order valence-corrected chi connectivity index (χ4v) is 5.48. The predicted octanol–water partition coefficient (Wildman–Crippen LogP) is 4.31. The van der Waals surface area contributed by atoms with Gasteiger partial charge in [-0.25, -0.2) is 9.59 Å². The number of esters is 2. The van der Waals surface area contributed by atoms with Crippen molar-refractivity contribution in [1.29, 1.82) is 0 Å². The van der Waals surface area contributed by atoms with Crippen molar-refractivity contribution in [2.24, 2.45) is 0 Å². The van der Waals surface area contributed by atoms with E-state index < -0.39 is 11.5 Å². The number of ether oxygens (including phenoxy) is 2. The molecule has 7 heteroatoms. The van der Waals surface area contributed by atoms with Crippen LogP contribution >= 0.6 is 0 Å². The molecule has 0 spiro atoms. The molecule has 1 saturated heterocycles. The molecule has 0 atom stereocenters. The summed E-state index contributed by atoms with van der Waals surface area (Å²) in [5, 5.41) is 3.07. The van der Waals surface area contributed by atoms with Crippen LogP contribution in [-0.4, -0.2) is 54.1 Å². The monoisotopic (exact) mass is 479 g/mol. The third kappa shape index (κ3) is 5.10. The minimum absolute atomic E-state index is 0.132. The maximum absolute atomic E-state index is 13.8. The molecular weight excluding hydrogens is 444 g/mol. The van der Waals surface area contributed by atoms with Crippen molar-refractivity contribution in [3.8, 4) is 0 Å². The molecule has 1 saturated carbocycles. The van der Waals surface area contributed by atoms with Gasteiger partial charge in [0.05, 0.1) is 30.9 Å². The van der Waals surface area contributed by atoms with E-state index in [1.165, 1.54) is 0 Å². The molecule has 1 N–H and O–H groups in total. The Hall–Kier alpha value is -3.19. The van der Waals surface area contributed by atoms with Gasteiger partial charge < -0.3 is 19.3 Å². The van der Waals surface area contributed by atoms with E-state index in [4.69, 9.17) is 9.47 Å². The van der Waals surface area contributed by atoms with Crippen LogP contribution in [0.15, 0.2) is 42.5 Å². The van der Waals surface area contributed by atoms with E-state index in [1.54, 1.807) is 13.0 Å². The molecule has 1 aliphatic heterocycles. The average molecular weight is 480 g/mol. The lowest BCUT2D eigenvalue weighted by molar-refractivity contribution is -0.934. The van der Waals surface area contributed by atoms with E-state index in [0.29, 0.717) is 28.6 Å². The molecule has 1 aliphatic carbocycles. The number of rotatable bonds is 9. The van der Waals surface area contributed by atoms with Crippen LogP contribution in [-0.2, 0) is 25.7 Å². The fraction of sp³-hybridized carbons (Fsp3) is 0.464. The number of nitrogens with one attached hydrogen (secondary N) is 1. The minimum atomic E-state index is -0.675.